The summed E-state index contributed by atoms with van der Waals surface area (Å²) in [5, 5.41) is 13.0. The molecule has 0 unspecified atom stereocenters. The quantitative estimate of drug-likeness (QED) is 0.500. The number of ether oxygens (including phenoxy) is 1. The summed E-state index contributed by atoms with van der Waals surface area (Å²) < 4.78 is 6.03. The van der Waals surface area contributed by atoms with Crippen molar-refractivity contribution < 1.29 is 24.2 Å². The van der Waals surface area contributed by atoms with E-state index >= 15 is 0 Å². The fourth-order valence-electron chi connectivity index (χ4n) is 8.23. The van der Waals surface area contributed by atoms with E-state index in [1.54, 1.807) is 12.3 Å². The highest BCUT2D eigenvalue weighted by Crippen LogP contribution is 2.65. The number of carbonyl (C=O) groups is 3. The number of hydrogen-bond donors (Lipinski definition) is 2. The van der Waals surface area contributed by atoms with Crippen LogP contribution >= 0.6 is 0 Å². The Morgan fingerprint density at radius 1 is 1.11 bits per heavy atom. The van der Waals surface area contributed by atoms with Crippen molar-refractivity contribution >= 4 is 17.7 Å². The summed E-state index contributed by atoms with van der Waals surface area (Å²) in [6.07, 6.45) is 10.6. The van der Waals surface area contributed by atoms with Gasteiger partial charge in [-0.25, -0.2) is 0 Å². The summed E-state index contributed by atoms with van der Waals surface area (Å²) in [6.45, 7) is 6.65. The van der Waals surface area contributed by atoms with E-state index in [-0.39, 0.29) is 54.0 Å². The third-order valence-electron chi connectivity index (χ3n) is 10.5. The van der Waals surface area contributed by atoms with Crippen LogP contribution in [0, 0.1) is 35.5 Å². The van der Waals surface area contributed by atoms with Gasteiger partial charge in [0, 0.05) is 42.3 Å². The molecule has 7 heteroatoms. The second-order valence-corrected chi connectivity index (χ2v) is 12.6. The van der Waals surface area contributed by atoms with Crippen LogP contribution in [-0.4, -0.2) is 40.4 Å². The third-order valence-corrected chi connectivity index (χ3v) is 10.5. The van der Waals surface area contributed by atoms with Crippen LogP contribution in [0.3, 0.4) is 0 Å². The van der Waals surface area contributed by atoms with Crippen molar-refractivity contribution in [2.24, 2.45) is 28.6 Å². The van der Waals surface area contributed by atoms with E-state index in [2.05, 4.69) is 24.1 Å². The minimum atomic E-state index is -0.841. The number of fused-ring (bicyclic) bond motifs is 5. The van der Waals surface area contributed by atoms with E-state index in [1.807, 2.05) is 19.1 Å². The summed E-state index contributed by atoms with van der Waals surface area (Å²) in [7, 11) is 0. The predicted molar refractivity (Wildman–Crippen MR) is 143 cm³/mol. The van der Waals surface area contributed by atoms with Crippen LogP contribution in [0.25, 0.3) is 0 Å². The van der Waals surface area contributed by atoms with Gasteiger partial charge in [-0.1, -0.05) is 25.5 Å². The second-order valence-electron chi connectivity index (χ2n) is 12.6. The molecule has 3 saturated carbocycles. The molecule has 0 spiro atoms. The lowest BCUT2D eigenvalue weighted by Gasteiger charge is -2.57. The number of aliphatic hydroxyl groups is 1. The Kier molecular flexibility index (Phi) is 7.51. The van der Waals surface area contributed by atoms with Gasteiger partial charge in [0.15, 0.2) is 5.78 Å². The molecule has 1 heterocycles. The molecule has 0 saturated heterocycles. The van der Waals surface area contributed by atoms with Gasteiger partial charge in [-0.05, 0) is 87.2 Å². The SMILES string of the molecule is Cc1ccc([C@@H](O)CNC(=O)CCC(=O)O[C@H]2CC[C@H]3[C@@H]4CCC5=CC(=O)CC[C@]5(C)[C@H]4CC[C@]23C)cn1. The van der Waals surface area contributed by atoms with Gasteiger partial charge in [0.2, 0.25) is 5.91 Å². The van der Waals surface area contributed by atoms with Gasteiger partial charge in [0.25, 0.3) is 0 Å². The first-order valence-corrected chi connectivity index (χ1v) is 14.4. The molecule has 38 heavy (non-hydrogen) atoms. The Hall–Kier alpha value is -2.54. The lowest BCUT2D eigenvalue weighted by molar-refractivity contribution is -0.160. The molecule has 0 aliphatic heterocycles. The number of pyridine rings is 1. The number of aryl methyl sites for hydroxylation is 1. The molecule has 1 aromatic rings. The van der Waals surface area contributed by atoms with Gasteiger partial charge < -0.3 is 15.2 Å². The Morgan fingerprint density at radius 3 is 2.68 bits per heavy atom. The van der Waals surface area contributed by atoms with Crippen LogP contribution in [0.2, 0.25) is 0 Å². The number of aliphatic hydroxyl groups excluding tert-OH is 1. The zero-order valence-corrected chi connectivity index (χ0v) is 23.0. The normalized spacial score (nSPS) is 34.8. The summed E-state index contributed by atoms with van der Waals surface area (Å²) in [5.74, 6) is 1.46. The number of hydrogen-bond acceptors (Lipinski definition) is 6. The monoisotopic (exact) mass is 522 g/mol. The molecule has 0 bridgehead atoms. The molecule has 1 amide bonds. The minimum absolute atomic E-state index is 0.0205. The Bertz CT molecular complexity index is 1110. The molecular formula is C31H42N2O5. The van der Waals surface area contributed by atoms with Gasteiger partial charge >= 0.3 is 5.97 Å². The van der Waals surface area contributed by atoms with Crippen molar-refractivity contribution in [1.29, 1.82) is 0 Å². The fourth-order valence-corrected chi connectivity index (χ4v) is 8.23. The number of ketones is 1. The number of amides is 1. The predicted octanol–water partition coefficient (Wildman–Crippen LogP) is 4.76. The third kappa shape index (κ3) is 5.06. The smallest absolute Gasteiger partial charge is 0.306 e. The molecule has 2 N–H and O–H groups in total. The summed E-state index contributed by atoms with van der Waals surface area (Å²) >= 11 is 0. The molecule has 0 radical (unpaired) electrons. The maximum Gasteiger partial charge on any atom is 0.306 e. The lowest BCUT2D eigenvalue weighted by Crippen LogP contribution is -2.51. The highest BCUT2D eigenvalue weighted by Gasteiger charge is 2.59. The highest BCUT2D eigenvalue weighted by molar-refractivity contribution is 5.91. The first-order valence-electron chi connectivity index (χ1n) is 14.4. The van der Waals surface area contributed by atoms with Crippen molar-refractivity contribution in [2.45, 2.75) is 97.2 Å². The van der Waals surface area contributed by atoms with Gasteiger partial charge in [-0.15, -0.1) is 0 Å². The first-order chi connectivity index (χ1) is 18.1. The molecule has 5 rings (SSSR count). The maximum absolute atomic E-state index is 12.8. The lowest BCUT2D eigenvalue weighted by atomic mass is 9.47. The number of carbonyl (C=O) groups excluding carboxylic acids is 3. The van der Waals surface area contributed by atoms with E-state index in [1.165, 1.54) is 5.57 Å². The summed E-state index contributed by atoms with van der Waals surface area (Å²) in [4.78, 5) is 41.3. The van der Waals surface area contributed by atoms with E-state index < -0.39 is 6.10 Å². The zero-order chi connectivity index (χ0) is 27.1. The van der Waals surface area contributed by atoms with Crippen LogP contribution in [0.4, 0.5) is 0 Å². The molecule has 3 fully saturated rings. The minimum Gasteiger partial charge on any atom is -0.462 e. The highest BCUT2D eigenvalue weighted by atomic mass is 16.5. The molecule has 0 aromatic carbocycles. The molecule has 7 atom stereocenters. The molecule has 4 aliphatic rings. The van der Waals surface area contributed by atoms with Gasteiger partial charge in [0.1, 0.15) is 6.10 Å². The summed E-state index contributed by atoms with van der Waals surface area (Å²) in [6, 6.07) is 3.61. The standard InChI is InChI=1S/C31H42N2O5/c1-19-4-5-20(17-32-19)26(35)18-33-28(36)10-11-29(37)38-27-9-8-24-23-7-6-21-16-22(34)12-14-30(21,2)25(23)13-15-31(24,27)3/h4-5,16-17,23-27,35H,6-15,18H2,1-3H3,(H,33,36)/t23-,24-,25-,26-,27-,30-,31-/m0/s1. The zero-order valence-electron chi connectivity index (χ0n) is 23.0. The van der Waals surface area contributed by atoms with Crippen LogP contribution in [0.5, 0.6) is 0 Å². The van der Waals surface area contributed by atoms with E-state index in [9.17, 15) is 19.5 Å². The van der Waals surface area contributed by atoms with E-state index in [4.69, 9.17) is 4.74 Å². The fraction of sp³-hybridized carbons (Fsp3) is 0.677. The Balaban J connectivity index is 1.12. The Morgan fingerprint density at radius 2 is 1.92 bits per heavy atom. The average Bonchev–Trinajstić information content (AvgIpc) is 3.22. The van der Waals surface area contributed by atoms with Crippen molar-refractivity contribution in [3.63, 3.8) is 0 Å². The van der Waals surface area contributed by atoms with Gasteiger partial charge in [0.05, 0.1) is 12.5 Å². The molecule has 206 valence electrons. The average molecular weight is 523 g/mol. The van der Waals surface area contributed by atoms with Crippen LogP contribution in [0.15, 0.2) is 30.0 Å². The number of esters is 1. The topological polar surface area (TPSA) is 106 Å². The van der Waals surface area contributed by atoms with Crippen molar-refractivity contribution in [1.82, 2.24) is 10.3 Å². The van der Waals surface area contributed by atoms with Gasteiger partial charge in [-0.3, -0.25) is 19.4 Å². The Labute approximate surface area is 225 Å². The van der Waals surface area contributed by atoms with Crippen LogP contribution in [0.1, 0.15) is 95.4 Å². The number of allylic oxidation sites excluding steroid dienone is 1. The summed E-state index contributed by atoms with van der Waals surface area (Å²) in [5.41, 5.74) is 3.00. The number of nitrogens with zero attached hydrogens (tertiary/aromatic N) is 1. The van der Waals surface area contributed by atoms with E-state index in [0.717, 1.165) is 50.6 Å². The van der Waals surface area contributed by atoms with Gasteiger partial charge in [-0.2, -0.15) is 0 Å². The number of rotatable bonds is 7. The van der Waals surface area contributed by atoms with Crippen molar-refractivity contribution in [3.8, 4) is 0 Å². The van der Waals surface area contributed by atoms with Crippen LogP contribution in [-0.2, 0) is 19.1 Å². The molecular weight excluding hydrogens is 480 g/mol. The largest absolute Gasteiger partial charge is 0.462 e. The number of nitrogens with one attached hydrogen (secondary N) is 1. The van der Waals surface area contributed by atoms with Crippen LogP contribution < -0.4 is 5.32 Å². The first kappa shape index (κ1) is 27.0. The number of aromatic nitrogens is 1. The molecule has 7 nitrogen and oxygen atoms in total. The van der Waals surface area contributed by atoms with E-state index in [0.29, 0.717) is 29.7 Å². The molecule has 1 aromatic heterocycles. The van der Waals surface area contributed by atoms with Crippen molar-refractivity contribution in [3.05, 3.63) is 41.2 Å². The van der Waals surface area contributed by atoms with Crippen molar-refractivity contribution in [2.75, 3.05) is 6.54 Å². The molecule has 4 aliphatic carbocycles. The second kappa shape index (κ2) is 10.6. The maximum atomic E-state index is 12.8.